The summed E-state index contributed by atoms with van der Waals surface area (Å²) in [6.45, 7) is 1.19. The minimum absolute atomic E-state index is 0.200. The summed E-state index contributed by atoms with van der Waals surface area (Å²) in [7, 11) is -3.77. The van der Waals surface area contributed by atoms with Crippen molar-refractivity contribution in [2.45, 2.75) is 76.3 Å². The Labute approximate surface area is 153 Å². The molecule has 0 radical (unpaired) electrons. The predicted octanol–water partition coefficient (Wildman–Crippen LogP) is 2.91. The highest BCUT2D eigenvalue weighted by Crippen LogP contribution is 2.42. The second-order valence-electron chi connectivity index (χ2n) is 7.83. The number of hydrogen-bond acceptors (Lipinski definition) is 4. The predicted molar refractivity (Wildman–Crippen MR) is 92.3 cm³/mol. The van der Waals surface area contributed by atoms with Gasteiger partial charge in [-0.15, -0.1) is 10.2 Å². The number of hydrogen-bond donors (Lipinski definition) is 0. The number of fused-ring (bicyclic) bond motifs is 1. The van der Waals surface area contributed by atoms with E-state index in [1.807, 2.05) is 4.57 Å². The van der Waals surface area contributed by atoms with Crippen LogP contribution in [0.1, 0.15) is 69.1 Å². The second kappa shape index (κ2) is 6.82. The molecule has 2 fully saturated rings. The van der Waals surface area contributed by atoms with Gasteiger partial charge >= 0.3 is 0 Å². The summed E-state index contributed by atoms with van der Waals surface area (Å²) in [4.78, 5) is 0. The van der Waals surface area contributed by atoms with Crippen molar-refractivity contribution < 1.29 is 17.2 Å². The molecule has 0 amide bonds. The molecule has 1 saturated carbocycles. The minimum atomic E-state index is -3.77. The van der Waals surface area contributed by atoms with Crippen molar-refractivity contribution >= 4 is 10.0 Å². The van der Waals surface area contributed by atoms with Crippen molar-refractivity contribution in [3.05, 3.63) is 11.6 Å². The molecule has 2 unspecified atom stereocenters. The molecule has 4 rings (SSSR count). The number of nitrogens with zero attached hydrogens (tertiary/aromatic N) is 4. The third kappa shape index (κ3) is 3.28. The molecule has 3 heterocycles. The lowest BCUT2D eigenvalue weighted by atomic mass is 10.0. The van der Waals surface area contributed by atoms with Crippen molar-refractivity contribution in [1.82, 2.24) is 19.1 Å². The molecule has 146 valence electrons. The molecule has 0 aromatic carbocycles. The number of sulfonamides is 1. The zero-order valence-electron chi connectivity index (χ0n) is 14.9. The summed E-state index contributed by atoms with van der Waals surface area (Å²) < 4.78 is 57.6. The van der Waals surface area contributed by atoms with Crippen LogP contribution < -0.4 is 0 Å². The van der Waals surface area contributed by atoms with Crippen LogP contribution in [-0.2, 0) is 23.0 Å². The smallest absolute Gasteiger partial charge is 0.251 e. The van der Waals surface area contributed by atoms with Crippen LogP contribution in [0, 0.1) is 5.92 Å². The molecule has 26 heavy (non-hydrogen) atoms. The fourth-order valence-corrected chi connectivity index (χ4v) is 6.73. The van der Waals surface area contributed by atoms with E-state index in [0.29, 0.717) is 25.2 Å². The molecule has 1 aromatic rings. The molecular formula is C17H26F2N4O2S. The first kappa shape index (κ1) is 18.3. The average molecular weight is 388 g/mol. The fourth-order valence-electron chi connectivity index (χ4n) is 4.63. The summed E-state index contributed by atoms with van der Waals surface area (Å²) in [6, 6.07) is -0.372. The van der Waals surface area contributed by atoms with E-state index in [0.717, 1.165) is 44.5 Å². The first-order valence-electron chi connectivity index (χ1n) is 9.68. The Morgan fingerprint density at radius 3 is 2.62 bits per heavy atom. The van der Waals surface area contributed by atoms with Crippen molar-refractivity contribution in [2.24, 2.45) is 5.92 Å². The van der Waals surface area contributed by atoms with E-state index < -0.39 is 27.6 Å². The first-order valence-corrected chi connectivity index (χ1v) is 11.3. The van der Waals surface area contributed by atoms with Gasteiger partial charge in [-0.05, 0) is 38.5 Å². The molecule has 1 aromatic heterocycles. The van der Waals surface area contributed by atoms with Gasteiger partial charge in [0.15, 0.2) is 5.82 Å². The van der Waals surface area contributed by atoms with Gasteiger partial charge in [-0.3, -0.25) is 0 Å². The SMILES string of the molecule is O=S(=O)(CC1CCCC1(F)F)N1CCCCC1c1nnc2n1CCCC2. The van der Waals surface area contributed by atoms with E-state index in [1.165, 1.54) is 4.31 Å². The lowest BCUT2D eigenvalue weighted by Crippen LogP contribution is -2.43. The summed E-state index contributed by atoms with van der Waals surface area (Å²) in [5.41, 5.74) is 0. The normalized spacial score (nSPS) is 29.6. The highest BCUT2D eigenvalue weighted by atomic mass is 32.2. The van der Waals surface area contributed by atoms with Gasteiger partial charge < -0.3 is 4.57 Å². The third-order valence-corrected chi connectivity index (χ3v) is 8.04. The van der Waals surface area contributed by atoms with Crippen molar-refractivity contribution in [3.8, 4) is 0 Å². The van der Waals surface area contributed by atoms with E-state index in [1.54, 1.807) is 0 Å². The zero-order valence-corrected chi connectivity index (χ0v) is 15.7. The van der Waals surface area contributed by atoms with Crippen LogP contribution in [-0.4, -0.2) is 45.7 Å². The molecule has 3 aliphatic rings. The van der Waals surface area contributed by atoms with Gasteiger partial charge in [-0.25, -0.2) is 17.2 Å². The van der Waals surface area contributed by atoms with Gasteiger partial charge in [0, 0.05) is 31.8 Å². The molecule has 2 atom stereocenters. The Morgan fingerprint density at radius 1 is 1.04 bits per heavy atom. The number of piperidine rings is 1. The number of aryl methyl sites for hydroxylation is 1. The Morgan fingerprint density at radius 2 is 1.85 bits per heavy atom. The Balaban J connectivity index is 1.60. The fraction of sp³-hybridized carbons (Fsp3) is 0.882. The summed E-state index contributed by atoms with van der Waals surface area (Å²) in [5, 5.41) is 8.55. The zero-order chi connectivity index (χ0) is 18.4. The molecular weight excluding hydrogens is 362 g/mol. The van der Waals surface area contributed by atoms with Crippen LogP contribution in [0.3, 0.4) is 0 Å². The van der Waals surface area contributed by atoms with Gasteiger partial charge in [-0.1, -0.05) is 6.42 Å². The molecule has 2 aliphatic heterocycles. The number of aromatic nitrogens is 3. The van der Waals surface area contributed by atoms with Crippen LogP contribution in [0.2, 0.25) is 0 Å². The largest absolute Gasteiger partial charge is 0.314 e. The van der Waals surface area contributed by atoms with Gasteiger partial charge in [0.25, 0.3) is 5.92 Å². The van der Waals surface area contributed by atoms with Gasteiger partial charge in [-0.2, -0.15) is 4.31 Å². The van der Waals surface area contributed by atoms with Crippen molar-refractivity contribution in [2.75, 3.05) is 12.3 Å². The van der Waals surface area contributed by atoms with Crippen molar-refractivity contribution in [1.29, 1.82) is 0 Å². The van der Waals surface area contributed by atoms with E-state index in [9.17, 15) is 17.2 Å². The monoisotopic (exact) mass is 388 g/mol. The van der Waals surface area contributed by atoms with Gasteiger partial charge in [0.2, 0.25) is 10.0 Å². The quantitative estimate of drug-likeness (QED) is 0.795. The highest BCUT2D eigenvalue weighted by molar-refractivity contribution is 7.89. The lowest BCUT2D eigenvalue weighted by molar-refractivity contribution is -0.0292. The Hall–Kier alpha value is -1.09. The summed E-state index contributed by atoms with van der Waals surface area (Å²) in [5.74, 6) is -2.79. The van der Waals surface area contributed by atoms with E-state index >= 15 is 0 Å². The molecule has 9 heteroatoms. The van der Waals surface area contributed by atoms with Crippen LogP contribution in [0.15, 0.2) is 0 Å². The summed E-state index contributed by atoms with van der Waals surface area (Å²) in [6.07, 6.45) is 5.80. The van der Waals surface area contributed by atoms with Gasteiger partial charge in [0.05, 0.1) is 11.8 Å². The topological polar surface area (TPSA) is 68.1 Å². The number of alkyl halides is 2. The number of halogens is 2. The molecule has 6 nitrogen and oxygen atoms in total. The van der Waals surface area contributed by atoms with Crippen LogP contribution in [0.5, 0.6) is 0 Å². The van der Waals surface area contributed by atoms with E-state index in [2.05, 4.69) is 10.2 Å². The maximum atomic E-state index is 14.0. The third-order valence-electron chi connectivity index (χ3n) is 6.07. The number of rotatable bonds is 4. The molecule has 0 N–H and O–H groups in total. The maximum Gasteiger partial charge on any atom is 0.251 e. The maximum absolute atomic E-state index is 14.0. The van der Waals surface area contributed by atoms with Crippen LogP contribution in [0.4, 0.5) is 8.78 Å². The van der Waals surface area contributed by atoms with Crippen LogP contribution >= 0.6 is 0 Å². The highest BCUT2D eigenvalue weighted by Gasteiger charge is 2.48. The van der Waals surface area contributed by atoms with E-state index in [4.69, 9.17) is 0 Å². The lowest BCUT2D eigenvalue weighted by Gasteiger charge is -2.35. The van der Waals surface area contributed by atoms with Crippen molar-refractivity contribution in [3.63, 3.8) is 0 Å². The molecule has 1 saturated heterocycles. The summed E-state index contributed by atoms with van der Waals surface area (Å²) >= 11 is 0. The molecule has 0 bridgehead atoms. The average Bonchev–Trinajstić information content (AvgIpc) is 3.18. The standard InChI is InChI=1S/C17H26F2N4O2S/c18-17(19)9-5-6-13(17)12-26(24,25)23-11-4-1-7-14(23)16-21-20-15-8-2-3-10-22(15)16/h13-14H,1-12H2. The van der Waals surface area contributed by atoms with E-state index in [-0.39, 0.29) is 18.9 Å². The Bertz CT molecular complexity index is 765. The van der Waals surface area contributed by atoms with Crippen LogP contribution in [0.25, 0.3) is 0 Å². The molecule has 0 spiro atoms. The van der Waals surface area contributed by atoms with Gasteiger partial charge in [0.1, 0.15) is 5.82 Å². The minimum Gasteiger partial charge on any atom is -0.314 e. The first-order chi connectivity index (χ1) is 12.4. The molecule has 1 aliphatic carbocycles. The Kier molecular flexibility index (Phi) is 4.79. The second-order valence-corrected chi connectivity index (χ2v) is 9.80.